The molecule has 0 aromatic heterocycles. The number of ether oxygens (including phenoxy) is 1. The highest BCUT2D eigenvalue weighted by molar-refractivity contribution is 7.92. The number of hydrogen-bond acceptors (Lipinski definition) is 7. The van der Waals surface area contributed by atoms with Crippen LogP contribution in [0.1, 0.15) is 19.4 Å². The van der Waals surface area contributed by atoms with E-state index in [9.17, 15) is 23.3 Å². The number of hydrazone groups is 1. The summed E-state index contributed by atoms with van der Waals surface area (Å²) in [6, 6.07) is 17.8. The van der Waals surface area contributed by atoms with Crippen molar-refractivity contribution in [1.29, 1.82) is 0 Å². The second-order valence-electron chi connectivity index (χ2n) is 7.41. The summed E-state index contributed by atoms with van der Waals surface area (Å²) in [4.78, 5) is 23.3. The number of nitrogens with one attached hydrogen (secondary N) is 1. The van der Waals surface area contributed by atoms with Crippen LogP contribution in [0.25, 0.3) is 0 Å². The van der Waals surface area contributed by atoms with Gasteiger partial charge in [-0.1, -0.05) is 35.9 Å². The molecule has 0 saturated carbocycles. The first-order valence-corrected chi connectivity index (χ1v) is 12.5. The molecular weight excluding hydrogens is 508 g/mol. The highest BCUT2D eigenvalue weighted by atomic mass is 35.5. The molecule has 0 spiro atoms. The van der Waals surface area contributed by atoms with Crippen LogP contribution in [-0.4, -0.2) is 38.1 Å². The second kappa shape index (κ2) is 11.6. The summed E-state index contributed by atoms with van der Waals surface area (Å²) < 4.78 is 33.6. The number of non-ortho nitro benzene ring substituents is 1. The van der Waals surface area contributed by atoms with Gasteiger partial charge in [-0.05, 0) is 50.2 Å². The van der Waals surface area contributed by atoms with Crippen molar-refractivity contribution >= 4 is 44.6 Å². The maximum absolute atomic E-state index is 13.5. The summed E-state index contributed by atoms with van der Waals surface area (Å²) in [6.45, 7) is 2.99. The van der Waals surface area contributed by atoms with Crippen LogP contribution in [-0.2, 0) is 14.8 Å². The van der Waals surface area contributed by atoms with Gasteiger partial charge in [-0.3, -0.25) is 19.2 Å². The molecule has 36 heavy (non-hydrogen) atoms. The number of carbonyl (C=O) groups excluding carboxylic acids is 1. The standard InChI is InChI=1S/C24H23ClN4O6S/c1-3-35-23-10-5-4-9-22(23)28(36(33,34)21-13-11-19(25)12-14-21)16-24(30)27-26-17(2)18-7-6-8-20(15-18)29(31)32/h4-15H,3,16H2,1-2H3,(H,27,30)/b26-17-. The molecule has 0 aliphatic heterocycles. The molecule has 3 aromatic carbocycles. The zero-order chi connectivity index (χ0) is 26.3. The largest absolute Gasteiger partial charge is 0.492 e. The minimum atomic E-state index is -4.20. The third-order valence-corrected chi connectivity index (χ3v) is 6.97. The maximum atomic E-state index is 13.5. The Morgan fingerprint density at radius 2 is 1.81 bits per heavy atom. The number of hydrogen-bond donors (Lipinski definition) is 1. The normalized spacial score (nSPS) is 11.6. The van der Waals surface area contributed by atoms with Crippen molar-refractivity contribution in [3.05, 3.63) is 93.5 Å². The topological polar surface area (TPSA) is 131 Å². The monoisotopic (exact) mass is 530 g/mol. The summed E-state index contributed by atoms with van der Waals surface area (Å²) in [7, 11) is -4.20. The minimum absolute atomic E-state index is 0.0673. The molecule has 188 valence electrons. The van der Waals surface area contributed by atoms with Gasteiger partial charge >= 0.3 is 0 Å². The van der Waals surface area contributed by atoms with Gasteiger partial charge in [0.15, 0.2) is 0 Å². The minimum Gasteiger partial charge on any atom is -0.492 e. The van der Waals surface area contributed by atoms with Crippen LogP contribution in [0.4, 0.5) is 11.4 Å². The molecule has 0 fully saturated rings. The zero-order valence-corrected chi connectivity index (χ0v) is 21.0. The predicted octanol–water partition coefficient (Wildman–Crippen LogP) is 4.38. The van der Waals surface area contributed by atoms with E-state index in [1.807, 2.05) is 0 Å². The Morgan fingerprint density at radius 3 is 2.47 bits per heavy atom. The van der Waals surface area contributed by atoms with Crippen LogP contribution in [0.15, 0.2) is 82.8 Å². The summed E-state index contributed by atoms with van der Waals surface area (Å²) in [5, 5.41) is 15.4. The predicted molar refractivity (Wildman–Crippen MR) is 137 cm³/mol. The van der Waals surface area contributed by atoms with Crippen molar-refractivity contribution in [1.82, 2.24) is 5.43 Å². The molecule has 0 aliphatic carbocycles. The summed E-state index contributed by atoms with van der Waals surface area (Å²) >= 11 is 5.91. The van der Waals surface area contributed by atoms with E-state index in [0.29, 0.717) is 16.3 Å². The van der Waals surface area contributed by atoms with E-state index in [1.165, 1.54) is 48.5 Å². The Labute approximate surface area is 213 Å². The van der Waals surface area contributed by atoms with Gasteiger partial charge < -0.3 is 4.74 Å². The highest BCUT2D eigenvalue weighted by Gasteiger charge is 2.29. The first-order chi connectivity index (χ1) is 17.1. The highest BCUT2D eigenvalue weighted by Crippen LogP contribution is 2.32. The summed E-state index contributed by atoms with van der Waals surface area (Å²) in [6.07, 6.45) is 0. The van der Waals surface area contributed by atoms with Crippen molar-refractivity contribution in [3.8, 4) is 5.75 Å². The number of nitrogens with zero attached hydrogens (tertiary/aromatic N) is 3. The van der Waals surface area contributed by atoms with E-state index >= 15 is 0 Å². The van der Waals surface area contributed by atoms with Crippen molar-refractivity contribution < 1.29 is 22.9 Å². The van der Waals surface area contributed by atoms with Crippen LogP contribution >= 0.6 is 11.6 Å². The van der Waals surface area contributed by atoms with Crippen molar-refractivity contribution in [3.63, 3.8) is 0 Å². The van der Waals surface area contributed by atoms with E-state index in [2.05, 4.69) is 10.5 Å². The number of nitro groups is 1. The Balaban J connectivity index is 1.92. The molecule has 0 bridgehead atoms. The number of carbonyl (C=O) groups is 1. The quantitative estimate of drug-likeness (QED) is 0.235. The molecule has 0 atom stereocenters. The fourth-order valence-electron chi connectivity index (χ4n) is 3.20. The number of nitro benzene ring substituents is 1. The number of halogens is 1. The number of para-hydroxylation sites is 2. The van der Waals surface area contributed by atoms with Crippen LogP contribution < -0.4 is 14.5 Å². The molecule has 1 amide bonds. The summed E-state index contributed by atoms with van der Waals surface area (Å²) in [5.74, 6) is -0.453. The fourth-order valence-corrected chi connectivity index (χ4v) is 4.75. The lowest BCUT2D eigenvalue weighted by molar-refractivity contribution is -0.384. The molecule has 12 heteroatoms. The van der Waals surface area contributed by atoms with E-state index in [0.717, 1.165) is 4.31 Å². The van der Waals surface area contributed by atoms with E-state index < -0.39 is 27.4 Å². The van der Waals surface area contributed by atoms with Crippen LogP contribution in [0.5, 0.6) is 5.75 Å². The number of sulfonamides is 1. The van der Waals surface area contributed by atoms with E-state index in [1.54, 1.807) is 38.1 Å². The number of rotatable bonds is 10. The smallest absolute Gasteiger partial charge is 0.270 e. The SMILES string of the molecule is CCOc1ccccc1N(CC(=O)N/N=C(/C)c1cccc([N+](=O)[O-])c1)S(=O)(=O)c1ccc(Cl)cc1. The molecule has 0 saturated heterocycles. The Kier molecular flexibility index (Phi) is 8.62. The lowest BCUT2D eigenvalue weighted by Crippen LogP contribution is -2.40. The van der Waals surface area contributed by atoms with Crippen molar-refractivity contribution in [2.24, 2.45) is 5.10 Å². The average Bonchev–Trinajstić information content (AvgIpc) is 2.86. The lowest BCUT2D eigenvalue weighted by Gasteiger charge is -2.25. The van der Waals surface area contributed by atoms with Gasteiger partial charge in [0, 0.05) is 22.7 Å². The maximum Gasteiger partial charge on any atom is 0.270 e. The van der Waals surface area contributed by atoms with Crippen LogP contribution in [0, 0.1) is 10.1 Å². The van der Waals surface area contributed by atoms with Gasteiger partial charge in [0.25, 0.3) is 21.6 Å². The molecule has 0 radical (unpaired) electrons. The van der Waals surface area contributed by atoms with Crippen molar-refractivity contribution in [2.45, 2.75) is 18.7 Å². The Morgan fingerprint density at radius 1 is 1.11 bits per heavy atom. The summed E-state index contributed by atoms with van der Waals surface area (Å²) in [5.41, 5.74) is 3.10. The molecule has 3 aromatic rings. The molecule has 0 heterocycles. The third kappa shape index (κ3) is 6.37. The molecule has 1 N–H and O–H groups in total. The van der Waals surface area contributed by atoms with Crippen LogP contribution in [0.2, 0.25) is 5.02 Å². The Hall–Kier alpha value is -3.96. The fraction of sp³-hybridized carbons (Fsp3) is 0.167. The molecule has 0 aliphatic rings. The molecule has 10 nitrogen and oxygen atoms in total. The lowest BCUT2D eigenvalue weighted by atomic mass is 10.1. The Bertz CT molecular complexity index is 1390. The van der Waals surface area contributed by atoms with Gasteiger partial charge in [-0.2, -0.15) is 5.10 Å². The number of benzene rings is 3. The van der Waals surface area contributed by atoms with Gasteiger partial charge in [-0.15, -0.1) is 0 Å². The first kappa shape index (κ1) is 26.6. The van der Waals surface area contributed by atoms with Crippen LogP contribution in [0.3, 0.4) is 0 Å². The van der Waals surface area contributed by atoms with Gasteiger partial charge in [0.05, 0.1) is 27.8 Å². The molecular formula is C24H23ClN4O6S. The second-order valence-corrected chi connectivity index (χ2v) is 9.70. The van der Waals surface area contributed by atoms with Gasteiger partial charge in [-0.25, -0.2) is 13.8 Å². The molecule has 0 unspecified atom stereocenters. The average molecular weight is 531 g/mol. The van der Waals surface area contributed by atoms with Gasteiger partial charge in [0.2, 0.25) is 0 Å². The first-order valence-electron chi connectivity index (χ1n) is 10.7. The van der Waals surface area contributed by atoms with Crippen molar-refractivity contribution in [2.75, 3.05) is 17.5 Å². The number of amides is 1. The number of anilines is 1. The third-order valence-electron chi connectivity index (χ3n) is 4.95. The molecule has 3 rings (SSSR count). The van der Waals surface area contributed by atoms with E-state index in [-0.39, 0.29) is 28.6 Å². The van der Waals surface area contributed by atoms with Gasteiger partial charge in [0.1, 0.15) is 12.3 Å². The zero-order valence-electron chi connectivity index (χ0n) is 19.4. The van der Waals surface area contributed by atoms with E-state index in [4.69, 9.17) is 16.3 Å².